The zero-order chi connectivity index (χ0) is 14.0. The average molecular weight is 260 g/mol. The third-order valence-corrected chi connectivity index (χ3v) is 4.30. The molecule has 1 aromatic carbocycles. The molecule has 0 spiro atoms. The highest BCUT2D eigenvalue weighted by molar-refractivity contribution is 5.99. The predicted octanol–water partition coefficient (Wildman–Crippen LogP) is 3.15. The van der Waals surface area contributed by atoms with Gasteiger partial charge in [-0.05, 0) is 42.9 Å². The molecule has 1 aromatic rings. The maximum atomic E-state index is 12.6. The molecule has 1 fully saturated rings. The molecule has 3 nitrogen and oxygen atoms in total. The molecule has 0 radical (unpaired) electrons. The molecule has 1 amide bonds. The lowest BCUT2D eigenvalue weighted by Crippen LogP contribution is -2.42. The number of amides is 1. The first-order valence-corrected chi connectivity index (χ1v) is 7.10. The zero-order valence-corrected chi connectivity index (χ0v) is 12.4. The van der Waals surface area contributed by atoms with E-state index >= 15 is 0 Å². The zero-order valence-electron chi connectivity index (χ0n) is 12.4. The first kappa shape index (κ1) is 13.9. The molecule has 1 heterocycles. The Morgan fingerprint density at radius 2 is 2.05 bits per heavy atom. The summed E-state index contributed by atoms with van der Waals surface area (Å²) in [5.41, 5.74) is 2.88. The molecule has 1 N–H and O–H groups in total. The van der Waals surface area contributed by atoms with Crippen LogP contribution in [-0.2, 0) is 0 Å². The van der Waals surface area contributed by atoms with Crippen LogP contribution in [0.1, 0.15) is 36.2 Å². The Kier molecular flexibility index (Phi) is 4.13. The monoisotopic (exact) mass is 260 g/mol. The van der Waals surface area contributed by atoms with Crippen molar-refractivity contribution < 1.29 is 4.79 Å². The van der Waals surface area contributed by atoms with Gasteiger partial charge in [0.05, 0.1) is 5.56 Å². The molecule has 0 bridgehead atoms. The van der Waals surface area contributed by atoms with Crippen LogP contribution in [0.15, 0.2) is 18.2 Å². The first-order chi connectivity index (χ1) is 9.02. The Balaban J connectivity index is 2.20. The third-order valence-electron chi connectivity index (χ3n) is 4.30. The van der Waals surface area contributed by atoms with E-state index in [0.717, 1.165) is 30.8 Å². The largest absolute Gasteiger partial charge is 0.387 e. The van der Waals surface area contributed by atoms with Crippen molar-refractivity contribution >= 4 is 11.6 Å². The van der Waals surface area contributed by atoms with Crippen LogP contribution in [-0.4, -0.2) is 30.9 Å². The summed E-state index contributed by atoms with van der Waals surface area (Å²) in [6.45, 7) is 8.30. The summed E-state index contributed by atoms with van der Waals surface area (Å²) >= 11 is 0. The van der Waals surface area contributed by atoms with Crippen molar-refractivity contribution in [3.63, 3.8) is 0 Å². The number of aryl methyl sites for hydroxylation is 1. The highest BCUT2D eigenvalue weighted by Crippen LogP contribution is 2.26. The lowest BCUT2D eigenvalue weighted by atomic mass is 9.88. The first-order valence-electron chi connectivity index (χ1n) is 7.10. The molecule has 2 unspecified atom stereocenters. The Morgan fingerprint density at radius 1 is 1.32 bits per heavy atom. The van der Waals surface area contributed by atoms with Gasteiger partial charge in [-0.3, -0.25) is 4.79 Å². The van der Waals surface area contributed by atoms with Crippen molar-refractivity contribution in [2.24, 2.45) is 11.8 Å². The smallest absolute Gasteiger partial charge is 0.255 e. The fourth-order valence-electron chi connectivity index (χ4n) is 2.67. The van der Waals surface area contributed by atoms with Gasteiger partial charge >= 0.3 is 0 Å². The Bertz CT molecular complexity index is 470. The summed E-state index contributed by atoms with van der Waals surface area (Å²) < 4.78 is 0. The van der Waals surface area contributed by atoms with E-state index in [2.05, 4.69) is 19.2 Å². The minimum absolute atomic E-state index is 0.156. The van der Waals surface area contributed by atoms with E-state index in [-0.39, 0.29) is 5.91 Å². The van der Waals surface area contributed by atoms with Gasteiger partial charge in [0.15, 0.2) is 0 Å². The maximum Gasteiger partial charge on any atom is 0.255 e. The molecule has 0 aromatic heterocycles. The normalized spacial score (nSPS) is 23.3. The van der Waals surface area contributed by atoms with Crippen LogP contribution in [0.3, 0.4) is 0 Å². The highest BCUT2D eigenvalue weighted by atomic mass is 16.2. The fraction of sp³-hybridized carbons (Fsp3) is 0.562. The number of carbonyl (C=O) groups is 1. The number of piperidine rings is 1. The van der Waals surface area contributed by atoms with Gasteiger partial charge in [-0.15, -0.1) is 0 Å². The van der Waals surface area contributed by atoms with Crippen LogP contribution in [0, 0.1) is 18.8 Å². The number of nitrogens with zero attached hydrogens (tertiary/aromatic N) is 1. The molecule has 1 aliphatic heterocycles. The van der Waals surface area contributed by atoms with Crippen molar-refractivity contribution in [2.75, 3.05) is 25.5 Å². The Hall–Kier alpha value is -1.51. The fourth-order valence-corrected chi connectivity index (χ4v) is 2.67. The molecule has 3 heteroatoms. The van der Waals surface area contributed by atoms with E-state index in [1.165, 1.54) is 5.56 Å². The SMILES string of the molecule is CNc1cc(C)ccc1C(=O)N1CCC(C)C(C)C1. The van der Waals surface area contributed by atoms with E-state index in [1.54, 1.807) is 0 Å². The van der Waals surface area contributed by atoms with Crippen molar-refractivity contribution in [3.05, 3.63) is 29.3 Å². The molecule has 1 aliphatic rings. The number of likely N-dealkylation sites (tertiary alicyclic amines) is 1. The molecule has 2 rings (SSSR count). The summed E-state index contributed by atoms with van der Waals surface area (Å²) in [6, 6.07) is 5.97. The van der Waals surface area contributed by atoms with Crippen LogP contribution in [0.25, 0.3) is 0 Å². The number of carbonyl (C=O) groups excluding carboxylic acids is 1. The second-order valence-corrected chi connectivity index (χ2v) is 5.79. The lowest BCUT2D eigenvalue weighted by molar-refractivity contribution is 0.0628. The molecule has 1 saturated heterocycles. The summed E-state index contributed by atoms with van der Waals surface area (Å²) in [5.74, 6) is 1.45. The maximum absolute atomic E-state index is 12.6. The molecule has 0 saturated carbocycles. The Morgan fingerprint density at radius 3 is 2.68 bits per heavy atom. The van der Waals surface area contributed by atoms with Gasteiger partial charge in [0.25, 0.3) is 5.91 Å². The number of hydrogen-bond acceptors (Lipinski definition) is 2. The summed E-state index contributed by atoms with van der Waals surface area (Å²) in [7, 11) is 1.87. The summed E-state index contributed by atoms with van der Waals surface area (Å²) in [4.78, 5) is 14.6. The lowest BCUT2D eigenvalue weighted by Gasteiger charge is -2.35. The topological polar surface area (TPSA) is 32.3 Å². The van der Waals surface area contributed by atoms with Gasteiger partial charge < -0.3 is 10.2 Å². The van der Waals surface area contributed by atoms with Gasteiger partial charge in [0.1, 0.15) is 0 Å². The van der Waals surface area contributed by atoms with Crippen LogP contribution in [0.4, 0.5) is 5.69 Å². The van der Waals surface area contributed by atoms with E-state index in [1.807, 2.05) is 37.1 Å². The van der Waals surface area contributed by atoms with Gasteiger partial charge in [0.2, 0.25) is 0 Å². The van der Waals surface area contributed by atoms with Crippen LogP contribution >= 0.6 is 0 Å². The van der Waals surface area contributed by atoms with E-state index < -0.39 is 0 Å². The number of hydrogen-bond donors (Lipinski definition) is 1. The van der Waals surface area contributed by atoms with Gasteiger partial charge in [-0.1, -0.05) is 19.9 Å². The number of nitrogens with one attached hydrogen (secondary N) is 1. The molecular weight excluding hydrogens is 236 g/mol. The van der Waals surface area contributed by atoms with Gasteiger partial charge in [-0.2, -0.15) is 0 Å². The minimum Gasteiger partial charge on any atom is -0.387 e. The molecular formula is C16H24N2O. The molecule has 104 valence electrons. The van der Waals surface area contributed by atoms with Crippen molar-refractivity contribution in [1.29, 1.82) is 0 Å². The second kappa shape index (κ2) is 5.64. The average Bonchev–Trinajstić information content (AvgIpc) is 2.41. The van der Waals surface area contributed by atoms with E-state index in [0.29, 0.717) is 11.8 Å². The predicted molar refractivity (Wildman–Crippen MR) is 79.6 cm³/mol. The number of benzene rings is 1. The summed E-state index contributed by atoms with van der Waals surface area (Å²) in [6.07, 6.45) is 1.10. The van der Waals surface area contributed by atoms with Crippen LogP contribution in [0.2, 0.25) is 0 Å². The van der Waals surface area contributed by atoms with Crippen LogP contribution in [0.5, 0.6) is 0 Å². The standard InChI is InChI=1S/C16H24N2O/c1-11-5-6-14(15(9-11)17-4)16(19)18-8-7-12(2)13(3)10-18/h5-6,9,12-13,17H,7-8,10H2,1-4H3. The quantitative estimate of drug-likeness (QED) is 0.886. The minimum atomic E-state index is 0.156. The van der Waals surface area contributed by atoms with E-state index in [4.69, 9.17) is 0 Å². The third kappa shape index (κ3) is 2.91. The molecule has 19 heavy (non-hydrogen) atoms. The van der Waals surface area contributed by atoms with Crippen molar-refractivity contribution in [2.45, 2.75) is 27.2 Å². The van der Waals surface area contributed by atoms with Gasteiger partial charge in [0, 0.05) is 25.8 Å². The van der Waals surface area contributed by atoms with Crippen LogP contribution < -0.4 is 5.32 Å². The van der Waals surface area contributed by atoms with Crippen molar-refractivity contribution in [1.82, 2.24) is 4.90 Å². The molecule has 0 aliphatic carbocycles. The number of rotatable bonds is 2. The summed E-state index contributed by atoms with van der Waals surface area (Å²) in [5, 5.41) is 3.13. The molecule has 2 atom stereocenters. The second-order valence-electron chi connectivity index (χ2n) is 5.79. The van der Waals surface area contributed by atoms with Gasteiger partial charge in [-0.25, -0.2) is 0 Å². The highest BCUT2D eigenvalue weighted by Gasteiger charge is 2.27. The number of anilines is 1. The Labute approximate surface area is 116 Å². The van der Waals surface area contributed by atoms with E-state index in [9.17, 15) is 4.79 Å². The van der Waals surface area contributed by atoms with Crippen molar-refractivity contribution in [3.8, 4) is 0 Å².